The van der Waals surface area contributed by atoms with Gasteiger partial charge in [0, 0.05) is 0 Å². The predicted octanol–water partition coefficient (Wildman–Crippen LogP) is 3.97. The Bertz CT molecular complexity index is 683. The first-order valence-corrected chi connectivity index (χ1v) is 5.92. The number of halogens is 3. The van der Waals surface area contributed by atoms with Gasteiger partial charge < -0.3 is 5.32 Å². The van der Waals surface area contributed by atoms with Crippen molar-refractivity contribution in [1.82, 2.24) is 0 Å². The molecule has 1 N–H and O–H groups in total. The van der Waals surface area contributed by atoms with E-state index in [1.165, 1.54) is 25.1 Å². The topological polar surface area (TPSA) is 29.1 Å². The zero-order valence-electron chi connectivity index (χ0n) is 10.9. The number of carbonyl (C=O) groups is 1. The summed E-state index contributed by atoms with van der Waals surface area (Å²) in [6, 6.07) is 6.29. The number of aryl methyl sites for hydroxylation is 2. The lowest BCUT2D eigenvalue weighted by atomic mass is 10.1. The van der Waals surface area contributed by atoms with Gasteiger partial charge in [0.25, 0.3) is 5.91 Å². The molecule has 0 bridgehead atoms. The van der Waals surface area contributed by atoms with Gasteiger partial charge in [-0.2, -0.15) is 0 Å². The minimum absolute atomic E-state index is 0.186. The molecule has 104 valence electrons. The minimum Gasteiger partial charge on any atom is -0.317 e. The Morgan fingerprint density at radius 1 is 1.00 bits per heavy atom. The SMILES string of the molecule is Cc1ccc(C(=O)Nc2c(F)ccc(C)c2F)c(F)c1. The fraction of sp³-hybridized carbons (Fsp3) is 0.133. The minimum atomic E-state index is -0.908. The highest BCUT2D eigenvalue weighted by Gasteiger charge is 2.17. The number of amides is 1. The van der Waals surface area contributed by atoms with Crippen molar-refractivity contribution in [3.63, 3.8) is 0 Å². The average Bonchev–Trinajstić information content (AvgIpc) is 2.39. The Hall–Kier alpha value is -2.30. The van der Waals surface area contributed by atoms with Crippen LogP contribution < -0.4 is 5.32 Å². The Kier molecular flexibility index (Phi) is 3.79. The Balaban J connectivity index is 2.35. The molecule has 2 aromatic rings. The van der Waals surface area contributed by atoms with E-state index in [-0.39, 0.29) is 11.1 Å². The van der Waals surface area contributed by atoms with Crippen LogP contribution in [0.1, 0.15) is 21.5 Å². The summed E-state index contributed by atoms with van der Waals surface area (Å²) in [7, 11) is 0. The number of benzene rings is 2. The van der Waals surface area contributed by atoms with Gasteiger partial charge in [-0.05, 0) is 43.2 Å². The molecular weight excluding hydrogens is 267 g/mol. The van der Waals surface area contributed by atoms with Crippen molar-refractivity contribution in [3.8, 4) is 0 Å². The largest absolute Gasteiger partial charge is 0.317 e. The van der Waals surface area contributed by atoms with Crippen LogP contribution in [-0.2, 0) is 0 Å². The summed E-state index contributed by atoms with van der Waals surface area (Å²) in [6.45, 7) is 3.11. The summed E-state index contributed by atoms with van der Waals surface area (Å²) >= 11 is 0. The standard InChI is InChI=1S/C15H12F3NO/c1-8-3-5-10(12(17)7-8)15(20)19-14-11(16)6-4-9(2)13(14)18/h3-7H,1-2H3,(H,19,20). The fourth-order valence-corrected chi connectivity index (χ4v) is 1.76. The number of anilines is 1. The summed E-state index contributed by atoms with van der Waals surface area (Å²) in [5, 5.41) is 2.07. The van der Waals surface area contributed by atoms with Gasteiger partial charge >= 0.3 is 0 Å². The Morgan fingerprint density at radius 3 is 2.35 bits per heavy atom. The quantitative estimate of drug-likeness (QED) is 0.885. The van der Waals surface area contributed by atoms with Crippen LogP contribution >= 0.6 is 0 Å². The van der Waals surface area contributed by atoms with E-state index in [1.54, 1.807) is 13.0 Å². The summed E-state index contributed by atoms with van der Waals surface area (Å²) in [4.78, 5) is 11.9. The smallest absolute Gasteiger partial charge is 0.258 e. The van der Waals surface area contributed by atoms with Crippen LogP contribution in [0.3, 0.4) is 0 Å². The molecule has 2 nitrogen and oxygen atoms in total. The molecule has 2 rings (SSSR count). The van der Waals surface area contributed by atoms with E-state index in [0.717, 1.165) is 6.07 Å². The van der Waals surface area contributed by atoms with E-state index < -0.39 is 29.0 Å². The van der Waals surface area contributed by atoms with E-state index in [2.05, 4.69) is 5.32 Å². The first kappa shape index (κ1) is 14.1. The van der Waals surface area contributed by atoms with Crippen LogP contribution in [-0.4, -0.2) is 5.91 Å². The van der Waals surface area contributed by atoms with Crippen molar-refractivity contribution >= 4 is 11.6 Å². The van der Waals surface area contributed by atoms with Gasteiger partial charge in [-0.1, -0.05) is 12.1 Å². The highest BCUT2D eigenvalue weighted by atomic mass is 19.1. The van der Waals surface area contributed by atoms with Crippen molar-refractivity contribution in [3.05, 3.63) is 64.5 Å². The molecule has 0 atom stereocenters. The summed E-state index contributed by atoms with van der Waals surface area (Å²) < 4.78 is 40.9. The normalized spacial score (nSPS) is 10.4. The van der Waals surface area contributed by atoms with Gasteiger partial charge in [-0.3, -0.25) is 4.79 Å². The second-order valence-corrected chi connectivity index (χ2v) is 4.49. The average molecular weight is 279 g/mol. The van der Waals surface area contributed by atoms with E-state index >= 15 is 0 Å². The summed E-state index contributed by atoms with van der Waals surface area (Å²) in [5.41, 5.74) is -0.0103. The van der Waals surface area contributed by atoms with Crippen LogP contribution in [0.5, 0.6) is 0 Å². The first-order chi connectivity index (χ1) is 9.40. The molecule has 0 fully saturated rings. The fourth-order valence-electron chi connectivity index (χ4n) is 1.76. The Morgan fingerprint density at radius 2 is 1.70 bits per heavy atom. The monoisotopic (exact) mass is 279 g/mol. The van der Waals surface area contributed by atoms with Crippen molar-refractivity contribution in [2.75, 3.05) is 5.32 Å². The van der Waals surface area contributed by atoms with E-state index in [9.17, 15) is 18.0 Å². The molecule has 0 spiro atoms. The third-order valence-electron chi connectivity index (χ3n) is 2.89. The molecule has 0 aliphatic rings. The molecule has 0 saturated heterocycles. The van der Waals surface area contributed by atoms with Crippen LogP contribution in [0.25, 0.3) is 0 Å². The van der Waals surface area contributed by atoms with Crippen LogP contribution in [0, 0.1) is 31.3 Å². The second-order valence-electron chi connectivity index (χ2n) is 4.49. The molecule has 0 unspecified atom stereocenters. The summed E-state index contributed by atoms with van der Waals surface area (Å²) in [6.07, 6.45) is 0. The summed E-state index contributed by atoms with van der Waals surface area (Å²) in [5.74, 6) is -3.42. The van der Waals surface area contributed by atoms with Crippen molar-refractivity contribution < 1.29 is 18.0 Å². The zero-order chi connectivity index (χ0) is 14.9. The molecule has 5 heteroatoms. The first-order valence-electron chi connectivity index (χ1n) is 5.92. The molecule has 0 heterocycles. The third-order valence-corrected chi connectivity index (χ3v) is 2.89. The van der Waals surface area contributed by atoms with Crippen molar-refractivity contribution in [2.24, 2.45) is 0 Å². The third kappa shape index (κ3) is 2.66. The number of carbonyl (C=O) groups excluding carboxylic acids is 1. The van der Waals surface area contributed by atoms with Crippen LogP contribution in [0.2, 0.25) is 0 Å². The molecule has 1 amide bonds. The predicted molar refractivity (Wildman–Crippen MR) is 70.2 cm³/mol. The maximum absolute atomic E-state index is 13.8. The highest BCUT2D eigenvalue weighted by molar-refractivity contribution is 6.04. The van der Waals surface area contributed by atoms with Crippen molar-refractivity contribution in [2.45, 2.75) is 13.8 Å². The highest BCUT2D eigenvalue weighted by Crippen LogP contribution is 2.22. The van der Waals surface area contributed by atoms with Gasteiger partial charge in [-0.25, -0.2) is 13.2 Å². The second kappa shape index (κ2) is 5.36. The molecular formula is C15H12F3NO. The molecule has 0 aromatic heterocycles. The van der Waals surface area contributed by atoms with Gasteiger partial charge in [-0.15, -0.1) is 0 Å². The maximum atomic E-state index is 13.8. The van der Waals surface area contributed by atoms with Gasteiger partial charge in [0.1, 0.15) is 17.3 Å². The van der Waals surface area contributed by atoms with Gasteiger partial charge in [0.15, 0.2) is 5.82 Å². The number of nitrogens with one attached hydrogen (secondary N) is 1. The number of rotatable bonds is 2. The maximum Gasteiger partial charge on any atom is 0.258 e. The van der Waals surface area contributed by atoms with Crippen LogP contribution in [0.4, 0.5) is 18.9 Å². The molecule has 0 saturated carbocycles. The van der Waals surface area contributed by atoms with Gasteiger partial charge in [0.05, 0.1) is 5.56 Å². The molecule has 2 aromatic carbocycles. The lowest BCUT2D eigenvalue weighted by Crippen LogP contribution is -2.16. The Labute approximate surface area is 114 Å². The van der Waals surface area contributed by atoms with Gasteiger partial charge in [0.2, 0.25) is 0 Å². The molecule has 0 aliphatic carbocycles. The lowest BCUT2D eigenvalue weighted by Gasteiger charge is -2.10. The molecule has 0 radical (unpaired) electrons. The molecule has 0 aliphatic heterocycles. The van der Waals surface area contributed by atoms with E-state index in [0.29, 0.717) is 5.56 Å². The van der Waals surface area contributed by atoms with Crippen molar-refractivity contribution in [1.29, 1.82) is 0 Å². The van der Waals surface area contributed by atoms with E-state index in [4.69, 9.17) is 0 Å². The van der Waals surface area contributed by atoms with Crippen LogP contribution in [0.15, 0.2) is 30.3 Å². The molecule has 20 heavy (non-hydrogen) atoms. The lowest BCUT2D eigenvalue weighted by molar-refractivity contribution is 0.102. The number of hydrogen-bond acceptors (Lipinski definition) is 1. The van der Waals surface area contributed by atoms with E-state index in [1.807, 2.05) is 0 Å². The number of hydrogen-bond donors (Lipinski definition) is 1. The zero-order valence-corrected chi connectivity index (χ0v) is 10.9.